The minimum Gasteiger partial charge on any atom is -0.356 e. The maximum Gasteiger partial charge on any atom is 0.141 e. The van der Waals surface area contributed by atoms with Gasteiger partial charge in [0.05, 0.1) is 11.4 Å². The smallest absolute Gasteiger partial charge is 0.141 e. The van der Waals surface area contributed by atoms with Crippen LogP contribution in [0.1, 0.15) is 49.6 Å². The largest absolute Gasteiger partial charge is 0.356 e. The van der Waals surface area contributed by atoms with Gasteiger partial charge in [0.1, 0.15) is 22.3 Å². The Kier molecular flexibility index (Phi) is 4.91. The van der Waals surface area contributed by atoms with E-state index in [0.717, 1.165) is 60.3 Å². The van der Waals surface area contributed by atoms with Gasteiger partial charge in [0, 0.05) is 31.0 Å². The van der Waals surface area contributed by atoms with Gasteiger partial charge in [-0.05, 0) is 44.6 Å². The van der Waals surface area contributed by atoms with Crippen molar-refractivity contribution in [3.8, 4) is 0 Å². The molecule has 4 heterocycles. The molecule has 4 rings (SSSR count). The topological polar surface area (TPSA) is 69.7 Å². The molecular weight excluding hydrogens is 344 g/mol. The van der Waals surface area contributed by atoms with E-state index in [-0.39, 0.29) is 0 Å². The molecule has 1 fully saturated rings. The van der Waals surface area contributed by atoms with Crippen LogP contribution in [0.5, 0.6) is 0 Å². The first kappa shape index (κ1) is 17.4. The van der Waals surface area contributed by atoms with Crippen molar-refractivity contribution in [3.05, 3.63) is 35.0 Å². The van der Waals surface area contributed by atoms with Crippen LogP contribution in [0.3, 0.4) is 0 Å². The zero-order valence-electron chi connectivity index (χ0n) is 15.6. The van der Waals surface area contributed by atoms with Gasteiger partial charge in [0.2, 0.25) is 0 Å². The standard InChI is InChI=1S/C19H26N6S/c1-4-16(17-20-11-12(2)21-17)24-14-5-8-25(9-6-14)18-15-7-10-26-19(15)23-13(3)22-18/h7,10-11,14,16,24H,4-6,8-9H2,1-3H3,(H,20,21)/t16-/m0/s1. The fraction of sp³-hybridized carbons (Fsp3) is 0.526. The number of aromatic amines is 1. The van der Waals surface area contributed by atoms with Gasteiger partial charge in [0.25, 0.3) is 0 Å². The van der Waals surface area contributed by atoms with Gasteiger partial charge in [-0.15, -0.1) is 11.3 Å². The van der Waals surface area contributed by atoms with E-state index in [0.29, 0.717) is 12.1 Å². The molecule has 3 aromatic heterocycles. The summed E-state index contributed by atoms with van der Waals surface area (Å²) in [5, 5.41) is 7.09. The summed E-state index contributed by atoms with van der Waals surface area (Å²) in [6.07, 6.45) is 5.18. The molecule has 3 aromatic rings. The van der Waals surface area contributed by atoms with Crippen molar-refractivity contribution >= 4 is 27.4 Å². The summed E-state index contributed by atoms with van der Waals surface area (Å²) in [6.45, 7) is 8.28. The van der Waals surface area contributed by atoms with E-state index in [2.05, 4.69) is 50.5 Å². The molecule has 1 aliphatic rings. The van der Waals surface area contributed by atoms with Crippen molar-refractivity contribution in [2.45, 2.75) is 52.1 Å². The van der Waals surface area contributed by atoms with E-state index in [1.54, 1.807) is 11.3 Å². The molecule has 0 aliphatic carbocycles. The third-order valence-electron chi connectivity index (χ3n) is 5.11. The zero-order valence-corrected chi connectivity index (χ0v) is 16.4. The summed E-state index contributed by atoms with van der Waals surface area (Å²) in [4.78, 5) is 20.7. The van der Waals surface area contributed by atoms with Crippen molar-refractivity contribution in [1.29, 1.82) is 0 Å². The third kappa shape index (κ3) is 3.46. The second-order valence-corrected chi connectivity index (χ2v) is 7.97. The number of hydrogen-bond acceptors (Lipinski definition) is 6. The quantitative estimate of drug-likeness (QED) is 0.716. The van der Waals surface area contributed by atoms with E-state index >= 15 is 0 Å². The third-order valence-corrected chi connectivity index (χ3v) is 5.92. The summed E-state index contributed by atoms with van der Waals surface area (Å²) in [5.74, 6) is 3.01. The highest BCUT2D eigenvalue weighted by Gasteiger charge is 2.25. The van der Waals surface area contributed by atoms with Crippen LogP contribution < -0.4 is 10.2 Å². The van der Waals surface area contributed by atoms with Crippen LogP contribution in [-0.4, -0.2) is 39.1 Å². The average molecular weight is 371 g/mol. The number of nitrogens with zero attached hydrogens (tertiary/aromatic N) is 4. The molecule has 0 saturated carbocycles. The monoisotopic (exact) mass is 370 g/mol. The molecule has 0 aromatic carbocycles. The van der Waals surface area contributed by atoms with Gasteiger partial charge in [-0.25, -0.2) is 15.0 Å². The van der Waals surface area contributed by atoms with Crippen LogP contribution >= 0.6 is 11.3 Å². The average Bonchev–Trinajstić information content (AvgIpc) is 3.28. The fourth-order valence-electron chi connectivity index (χ4n) is 3.73. The normalized spacial score (nSPS) is 17.1. The lowest BCUT2D eigenvalue weighted by atomic mass is 10.0. The highest BCUT2D eigenvalue weighted by atomic mass is 32.1. The molecule has 26 heavy (non-hydrogen) atoms. The van der Waals surface area contributed by atoms with Crippen LogP contribution in [0.15, 0.2) is 17.6 Å². The minimum atomic E-state index is 0.296. The molecule has 0 amide bonds. The first-order valence-electron chi connectivity index (χ1n) is 9.38. The summed E-state index contributed by atoms with van der Waals surface area (Å²) >= 11 is 1.69. The SMILES string of the molecule is CC[C@H](NC1CCN(c2nc(C)nc3sccc23)CC1)c1ncc(C)[nH]1. The number of imidazole rings is 1. The molecule has 6 nitrogen and oxygen atoms in total. The van der Waals surface area contributed by atoms with E-state index in [9.17, 15) is 0 Å². The Morgan fingerprint density at radius 1 is 1.31 bits per heavy atom. The minimum absolute atomic E-state index is 0.296. The maximum atomic E-state index is 4.74. The summed E-state index contributed by atoms with van der Waals surface area (Å²) in [5.41, 5.74) is 1.12. The Labute approximate surface area is 158 Å². The fourth-order valence-corrected chi connectivity index (χ4v) is 4.53. The molecule has 0 radical (unpaired) electrons. The van der Waals surface area contributed by atoms with Gasteiger partial charge in [-0.2, -0.15) is 0 Å². The Bertz CT molecular complexity index is 877. The lowest BCUT2D eigenvalue weighted by Gasteiger charge is -2.35. The molecule has 0 unspecified atom stereocenters. The molecular formula is C19H26N6S. The van der Waals surface area contributed by atoms with Gasteiger partial charge in [-0.3, -0.25) is 0 Å². The molecule has 1 atom stereocenters. The number of hydrogen-bond donors (Lipinski definition) is 2. The maximum absolute atomic E-state index is 4.74. The molecule has 2 N–H and O–H groups in total. The van der Waals surface area contributed by atoms with E-state index in [1.165, 1.54) is 5.39 Å². The first-order chi connectivity index (χ1) is 12.6. The number of thiophene rings is 1. The highest BCUT2D eigenvalue weighted by molar-refractivity contribution is 7.16. The molecule has 0 bridgehead atoms. The lowest BCUT2D eigenvalue weighted by molar-refractivity contribution is 0.356. The number of rotatable bonds is 5. The number of nitrogens with one attached hydrogen (secondary N) is 2. The number of aromatic nitrogens is 4. The zero-order chi connectivity index (χ0) is 18.1. The van der Waals surface area contributed by atoms with Crippen LogP contribution in [0.25, 0.3) is 10.2 Å². The van der Waals surface area contributed by atoms with Crippen molar-refractivity contribution in [2.24, 2.45) is 0 Å². The number of aryl methyl sites for hydroxylation is 2. The van der Waals surface area contributed by atoms with Crippen LogP contribution in [-0.2, 0) is 0 Å². The van der Waals surface area contributed by atoms with Crippen molar-refractivity contribution in [2.75, 3.05) is 18.0 Å². The molecule has 0 spiro atoms. The second-order valence-electron chi connectivity index (χ2n) is 7.07. The van der Waals surface area contributed by atoms with Crippen LogP contribution in [0, 0.1) is 13.8 Å². The van der Waals surface area contributed by atoms with E-state index in [1.807, 2.05) is 13.1 Å². The van der Waals surface area contributed by atoms with E-state index in [4.69, 9.17) is 4.98 Å². The lowest BCUT2D eigenvalue weighted by Crippen LogP contribution is -2.44. The number of H-pyrrole nitrogens is 1. The number of piperidine rings is 1. The molecule has 1 saturated heterocycles. The number of anilines is 1. The Hall–Kier alpha value is -1.99. The number of fused-ring (bicyclic) bond motifs is 1. The van der Waals surface area contributed by atoms with Crippen molar-refractivity contribution in [1.82, 2.24) is 25.3 Å². The van der Waals surface area contributed by atoms with Crippen LogP contribution in [0.4, 0.5) is 5.82 Å². The van der Waals surface area contributed by atoms with Gasteiger partial charge in [-0.1, -0.05) is 6.92 Å². The van der Waals surface area contributed by atoms with Gasteiger partial charge < -0.3 is 15.2 Å². The molecule has 138 valence electrons. The predicted molar refractivity (Wildman–Crippen MR) is 107 cm³/mol. The Balaban J connectivity index is 1.43. The van der Waals surface area contributed by atoms with Crippen molar-refractivity contribution < 1.29 is 0 Å². The second kappa shape index (κ2) is 7.32. The van der Waals surface area contributed by atoms with E-state index < -0.39 is 0 Å². The van der Waals surface area contributed by atoms with Crippen LogP contribution in [0.2, 0.25) is 0 Å². The Morgan fingerprint density at radius 3 is 2.81 bits per heavy atom. The summed E-state index contributed by atoms with van der Waals surface area (Å²) in [7, 11) is 0. The summed E-state index contributed by atoms with van der Waals surface area (Å²) < 4.78 is 0. The Morgan fingerprint density at radius 2 is 2.12 bits per heavy atom. The van der Waals surface area contributed by atoms with Crippen molar-refractivity contribution in [3.63, 3.8) is 0 Å². The molecule has 1 aliphatic heterocycles. The van der Waals surface area contributed by atoms with Gasteiger partial charge in [0.15, 0.2) is 0 Å². The first-order valence-corrected chi connectivity index (χ1v) is 10.3. The van der Waals surface area contributed by atoms with Gasteiger partial charge >= 0.3 is 0 Å². The molecule has 7 heteroatoms. The summed E-state index contributed by atoms with van der Waals surface area (Å²) in [6, 6.07) is 2.96. The predicted octanol–water partition coefficient (Wildman–Crippen LogP) is 3.74. The highest BCUT2D eigenvalue weighted by Crippen LogP contribution is 2.30.